The first-order valence-corrected chi connectivity index (χ1v) is 6.25. The van der Waals surface area contributed by atoms with E-state index in [1.165, 1.54) is 4.90 Å². The highest BCUT2D eigenvalue weighted by Crippen LogP contribution is 2.34. The van der Waals surface area contributed by atoms with Crippen LogP contribution < -0.4 is 5.56 Å². The van der Waals surface area contributed by atoms with Crippen molar-refractivity contribution in [1.82, 2.24) is 9.88 Å². The molecule has 1 amide bonds. The molecular formula is C13H15F3N2O2. The minimum Gasteiger partial charge on any atom is -0.337 e. The molecule has 1 aliphatic rings. The van der Waals surface area contributed by atoms with Crippen LogP contribution in [0.4, 0.5) is 13.2 Å². The summed E-state index contributed by atoms with van der Waals surface area (Å²) in [6, 6.07) is 0.614. The molecule has 1 aromatic rings. The molecule has 1 fully saturated rings. The zero-order chi connectivity index (χ0) is 15.1. The second kappa shape index (κ2) is 4.64. The summed E-state index contributed by atoms with van der Waals surface area (Å²) in [5, 5.41) is 0. The van der Waals surface area contributed by atoms with Gasteiger partial charge in [0.05, 0.1) is 5.56 Å². The standard InChI is InChI=1S/C13H15F3N2O2/c1-3-12(2)6-18(7-12)11(20)8-4-9(13(14,15)16)10(19)17-5-8/h4-5H,3,6-7H2,1-2H3,(H,17,19). The van der Waals surface area contributed by atoms with Crippen molar-refractivity contribution >= 4 is 5.91 Å². The summed E-state index contributed by atoms with van der Waals surface area (Å²) in [7, 11) is 0. The van der Waals surface area contributed by atoms with Gasteiger partial charge in [0.1, 0.15) is 5.56 Å². The minimum atomic E-state index is -4.77. The monoisotopic (exact) mass is 288 g/mol. The van der Waals surface area contributed by atoms with Gasteiger partial charge in [0.15, 0.2) is 0 Å². The Morgan fingerprint density at radius 2 is 2.05 bits per heavy atom. The minimum absolute atomic E-state index is 0.0324. The van der Waals surface area contributed by atoms with Crippen molar-refractivity contribution in [3.05, 3.63) is 33.7 Å². The molecular weight excluding hydrogens is 273 g/mol. The third kappa shape index (κ3) is 2.57. The zero-order valence-corrected chi connectivity index (χ0v) is 11.2. The first kappa shape index (κ1) is 14.6. The summed E-state index contributed by atoms with van der Waals surface area (Å²) in [6.45, 7) is 5.06. The van der Waals surface area contributed by atoms with E-state index in [1.54, 1.807) is 0 Å². The van der Waals surface area contributed by atoms with Crippen molar-refractivity contribution in [2.45, 2.75) is 26.4 Å². The molecule has 0 saturated carbocycles. The van der Waals surface area contributed by atoms with E-state index in [4.69, 9.17) is 0 Å². The fourth-order valence-corrected chi connectivity index (χ4v) is 2.24. The van der Waals surface area contributed by atoms with Crippen LogP contribution in [0.2, 0.25) is 0 Å². The predicted octanol–water partition coefficient (Wildman–Crippen LogP) is 2.27. The number of aromatic amines is 1. The van der Waals surface area contributed by atoms with Crippen molar-refractivity contribution in [2.75, 3.05) is 13.1 Å². The zero-order valence-electron chi connectivity index (χ0n) is 11.2. The number of amides is 1. The number of hydrogen-bond donors (Lipinski definition) is 1. The van der Waals surface area contributed by atoms with Gasteiger partial charge in [-0.3, -0.25) is 9.59 Å². The number of hydrogen-bond acceptors (Lipinski definition) is 2. The highest BCUT2D eigenvalue weighted by atomic mass is 19.4. The number of nitrogens with zero attached hydrogens (tertiary/aromatic N) is 1. The Morgan fingerprint density at radius 1 is 1.45 bits per heavy atom. The topological polar surface area (TPSA) is 53.2 Å². The van der Waals surface area contributed by atoms with Crippen LogP contribution in [0.25, 0.3) is 0 Å². The van der Waals surface area contributed by atoms with Gasteiger partial charge in [-0.05, 0) is 12.5 Å². The van der Waals surface area contributed by atoms with Crippen LogP contribution in [0, 0.1) is 5.41 Å². The smallest absolute Gasteiger partial charge is 0.337 e. The van der Waals surface area contributed by atoms with Crippen molar-refractivity contribution in [1.29, 1.82) is 0 Å². The highest BCUT2D eigenvalue weighted by molar-refractivity contribution is 5.94. The average molecular weight is 288 g/mol. The van der Waals surface area contributed by atoms with Crippen LogP contribution in [0.5, 0.6) is 0 Å². The van der Waals surface area contributed by atoms with E-state index in [0.29, 0.717) is 19.2 Å². The number of halogens is 3. The van der Waals surface area contributed by atoms with E-state index in [2.05, 4.69) is 0 Å². The molecule has 1 aromatic heterocycles. The van der Waals surface area contributed by atoms with Crippen LogP contribution in [0.1, 0.15) is 36.2 Å². The lowest BCUT2D eigenvalue weighted by atomic mass is 9.79. The molecule has 0 unspecified atom stereocenters. The van der Waals surface area contributed by atoms with Crippen LogP contribution in [0.3, 0.4) is 0 Å². The highest BCUT2D eigenvalue weighted by Gasteiger charge is 2.41. The van der Waals surface area contributed by atoms with Crippen molar-refractivity contribution < 1.29 is 18.0 Å². The Labute approximate surface area is 113 Å². The van der Waals surface area contributed by atoms with Gasteiger partial charge in [-0.2, -0.15) is 13.2 Å². The summed E-state index contributed by atoms with van der Waals surface area (Å²) in [6.07, 6.45) is -2.84. The van der Waals surface area contributed by atoms with Gasteiger partial charge in [0.2, 0.25) is 0 Å². The molecule has 110 valence electrons. The van der Waals surface area contributed by atoms with E-state index >= 15 is 0 Å². The molecule has 2 heterocycles. The van der Waals surface area contributed by atoms with Gasteiger partial charge >= 0.3 is 6.18 Å². The number of likely N-dealkylation sites (tertiary alicyclic amines) is 1. The van der Waals surface area contributed by atoms with Gasteiger partial charge in [-0.1, -0.05) is 13.8 Å². The molecule has 20 heavy (non-hydrogen) atoms. The third-order valence-corrected chi connectivity index (χ3v) is 3.74. The average Bonchev–Trinajstić information content (AvgIpc) is 2.33. The number of alkyl halides is 3. The molecule has 4 nitrogen and oxygen atoms in total. The molecule has 1 aliphatic heterocycles. The van der Waals surface area contributed by atoms with E-state index in [-0.39, 0.29) is 11.0 Å². The maximum absolute atomic E-state index is 12.6. The Hall–Kier alpha value is -1.79. The second-order valence-corrected chi connectivity index (χ2v) is 5.45. The summed E-state index contributed by atoms with van der Waals surface area (Å²) in [4.78, 5) is 26.7. The summed E-state index contributed by atoms with van der Waals surface area (Å²) in [5.74, 6) is -0.488. The molecule has 0 aliphatic carbocycles. The van der Waals surface area contributed by atoms with Gasteiger partial charge in [-0.15, -0.1) is 0 Å². The fraction of sp³-hybridized carbons (Fsp3) is 0.538. The van der Waals surface area contributed by atoms with Gasteiger partial charge in [0, 0.05) is 24.7 Å². The van der Waals surface area contributed by atoms with Crippen LogP contribution in [-0.2, 0) is 6.18 Å². The van der Waals surface area contributed by atoms with Crippen LogP contribution in [-0.4, -0.2) is 28.9 Å². The lowest BCUT2D eigenvalue weighted by Crippen LogP contribution is -2.56. The van der Waals surface area contributed by atoms with E-state index in [0.717, 1.165) is 12.6 Å². The third-order valence-electron chi connectivity index (χ3n) is 3.74. The van der Waals surface area contributed by atoms with Crippen LogP contribution in [0.15, 0.2) is 17.1 Å². The normalized spacial score (nSPS) is 17.8. The van der Waals surface area contributed by atoms with Crippen LogP contribution >= 0.6 is 0 Å². The van der Waals surface area contributed by atoms with Gasteiger partial charge in [-0.25, -0.2) is 0 Å². The van der Waals surface area contributed by atoms with Gasteiger partial charge in [0.25, 0.3) is 11.5 Å². The maximum Gasteiger partial charge on any atom is 0.421 e. The molecule has 0 aromatic carbocycles. The van der Waals surface area contributed by atoms with Crippen molar-refractivity contribution in [2.24, 2.45) is 5.41 Å². The predicted molar refractivity (Wildman–Crippen MR) is 66.4 cm³/mol. The number of carbonyl (C=O) groups is 1. The van der Waals surface area contributed by atoms with E-state index in [1.807, 2.05) is 18.8 Å². The summed E-state index contributed by atoms with van der Waals surface area (Å²) < 4.78 is 37.9. The SMILES string of the molecule is CCC1(C)CN(C(=O)c2c[nH]c(=O)c(C(F)(F)F)c2)C1. The number of rotatable bonds is 2. The lowest BCUT2D eigenvalue weighted by Gasteiger charge is -2.47. The Balaban J connectivity index is 2.23. The number of H-pyrrole nitrogens is 1. The van der Waals surface area contributed by atoms with E-state index in [9.17, 15) is 22.8 Å². The largest absolute Gasteiger partial charge is 0.421 e. The first-order chi connectivity index (χ1) is 9.16. The van der Waals surface area contributed by atoms with Crippen molar-refractivity contribution in [3.8, 4) is 0 Å². The second-order valence-electron chi connectivity index (χ2n) is 5.45. The molecule has 2 rings (SSSR count). The number of carbonyl (C=O) groups excluding carboxylic acids is 1. The fourth-order valence-electron chi connectivity index (χ4n) is 2.24. The number of pyridine rings is 1. The Kier molecular flexibility index (Phi) is 3.39. The molecule has 1 saturated heterocycles. The Morgan fingerprint density at radius 3 is 2.55 bits per heavy atom. The molecule has 7 heteroatoms. The molecule has 0 radical (unpaired) electrons. The quantitative estimate of drug-likeness (QED) is 0.907. The molecule has 0 atom stereocenters. The molecule has 1 N–H and O–H groups in total. The maximum atomic E-state index is 12.6. The summed E-state index contributed by atoms with van der Waals surface area (Å²) in [5.41, 5.74) is -2.70. The first-order valence-electron chi connectivity index (χ1n) is 6.25. The van der Waals surface area contributed by atoms with E-state index < -0.39 is 23.2 Å². The summed E-state index contributed by atoms with van der Waals surface area (Å²) >= 11 is 0. The molecule has 0 spiro atoms. The van der Waals surface area contributed by atoms with Gasteiger partial charge < -0.3 is 9.88 Å². The molecule has 0 bridgehead atoms. The number of aromatic nitrogens is 1. The number of nitrogens with one attached hydrogen (secondary N) is 1. The lowest BCUT2D eigenvalue weighted by molar-refractivity contribution is -0.138. The Bertz CT molecular complexity index is 586. The van der Waals surface area contributed by atoms with Crippen molar-refractivity contribution in [3.63, 3.8) is 0 Å².